The Morgan fingerprint density at radius 2 is 1.94 bits per heavy atom. The second kappa shape index (κ2) is 3.80. The van der Waals surface area contributed by atoms with Gasteiger partial charge in [-0.25, -0.2) is 0 Å². The van der Waals surface area contributed by atoms with E-state index in [1.54, 1.807) is 0 Å². The Morgan fingerprint density at radius 3 is 2.78 bits per heavy atom. The van der Waals surface area contributed by atoms with Crippen molar-refractivity contribution in [1.82, 2.24) is 4.90 Å². The Morgan fingerprint density at radius 1 is 1.17 bits per heavy atom. The third-order valence-electron chi connectivity index (χ3n) is 4.66. The first-order valence-electron chi connectivity index (χ1n) is 6.89. The number of ether oxygens (including phenoxy) is 2. The van der Waals surface area contributed by atoms with Crippen molar-refractivity contribution in [1.29, 1.82) is 0 Å². The van der Waals surface area contributed by atoms with Crippen LogP contribution in [0.4, 0.5) is 0 Å². The van der Waals surface area contributed by atoms with Crippen LogP contribution >= 0.6 is 0 Å². The van der Waals surface area contributed by atoms with E-state index >= 15 is 0 Å². The van der Waals surface area contributed by atoms with Crippen molar-refractivity contribution < 1.29 is 9.47 Å². The largest absolute Gasteiger partial charge is 0.347 e. The zero-order valence-corrected chi connectivity index (χ0v) is 10.8. The summed E-state index contributed by atoms with van der Waals surface area (Å²) in [6.45, 7) is 4.88. The first kappa shape index (κ1) is 11.0. The summed E-state index contributed by atoms with van der Waals surface area (Å²) < 4.78 is 11.9. The molecule has 3 aliphatic heterocycles. The molecule has 3 heterocycles. The molecule has 0 unspecified atom stereocenters. The highest BCUT2D eigenvalue weighted by molar-refractivity contribution is 5.35. The molecule has 2 fully saturated rings. The predicted octanol–water partition coefficient (Wildman–Crippen LogP) is 2.47. The average molecular weight is 245 g/mol. The minimum absolute atomic E-state index is 0.308. The molecule has 1 spiro atoms. The lowest BCUT2D eigenvalue weighted by Gasteiger charge is -2.44. The van der Waals surface area contributed by atoms with Crippen LogP contribution < -0.4 is 0 Å². The highest BCUT2D eigenvalue weighted by Crippen LogP contribution is 2.48. The first-order valence-corrected chi connectivity index (χ1v) is 6.89. The highest BCUT2D eigenvalue weighted by atomic mass is 16.7. The summed E-state index contributed by atoms with van der Waals surface area (Å²) in [5.74, 6) is -0.308. The standard InChI is InChI=1S/C15H19NO2/c1-11-8-15(17-6-7-18-15)9-14-13-5-3-2-4-12(13)10-16(11)14/h2-5,11,14H,6-10H2,1H3/t11-,14+/m0/s1. The Kier molecular flexibility index (Phi) is 2.31. The van der Waals surface area contributed by atoms with Gasteiger partial charge in [-0.2, -0.15) is 0 Å². The van der Waals surface area contributed by atoms with E-state index in [4.69, 9.17) is 9.47 Å². The van der Waals surface area contributed by atoms with Crippen molar-refractivity contribution in [3.8, 4) is 0 Å². The first-order chi connectivity index (χ1) is 8.77. The molecule has 3 heteroatoms. The Hall–Kier alpha value is -0.900. The van der Waals surface area contributed by atoms with Gasteiger partial charge < -0.3 is 9.47 Å². The minimum atomic E-state index is -0.308. The average Bonchev–Trinajstić information content (AvgIpc) is 2.96. The number of piperidine rings is 1. The van der Waals surface area contributed by atoms with Crippen LogP contribution in [-0.4, -0.2) is 29.9 Å². The maximum atomic E-state index is 5.93. The molecule has 2 saturated heterocycles. The zero-order chi connectivity index (χ0) is 12.2. The van der Waals surface area contributed by atoms with Crippen LogP contribution in [0.2, 0.25) is 0 Å². The van der Waals surface area contributed by atoms with E-state index in [0.717, 1.165) is 32.6 Å². The SMILES string of the molecule is C[C@H]1CC2(C[C@@H]3c4ccccc4CN31)OCCO2. The number of benzene rings is 1. The molecule has 3 nitrogen and oxygen atoms in total. The third-order valence-corrected chi connectivity index (χ3v) is 4.66. The van der Waals surface area contributed by atoms with E-state index in [-0.39, 0.29) is 5.79 Å². The van der Waals surface area contributed by atoms with E-state index in [9.17, 15) is 0 Å². The number of nitrogens with zero attached hydrogens (tertiary/aromatic N) is 1. The van der Waals surface area contributed by atoms with Gasteiger partial charge in [0, 0.05) is 31.5 Å². The van der Waals surface area contributed by atoms with Gasteiger partial charge in [0.2, 0.25) is 0 Å². The Balaban J connectivity index is 1.71. The predicted molar refractivity (Wildman–Crippen MR) is 68.1 cm³/mol. The van der Waals surface area contributed by atoms with E-state index in [1.165, 1.54) is 11.1 Å². The topological polar surface area (TPSA) is 21.7 Å². The van der Waals surface area contributed by atoms with Gasteiger partial charge in [-0.3, -0.25) is 4.90 Å². The van der Waals surface area contributed by atoms with E-state index in [2.05, 4.69) is 36.1 Å². The van der Waals surface area contributed by atoms with Crippen molar-refractivity contribution in [2.24, 2.45) is 0 Å². The lowest BCUT2D eigenvalue weighted by Crippen LogP contribution is -2.48. The lowest BCUT2D eigenvalue weighted by molar-refractivity contribution is -0.207. The van der Waals surface area contributed by atoms with Gasteiger partial charge in [0.15, 0.2) is 5.79 Å². The van der Waals surface area contributed by atoms with Crippen molar-refractivity contribution in [3.05, 3.63) is 35.4 Å². The van der Waals surface area contributed by atoms with Crippen molar-refractivity contribution >= 4 is 0 Å². The molecule has 0 bridgehead atoms. The van der Waals surface area contributed by atoms with Crippen molar-refractivity contribution in [2.45, 2.75) is 44.2 Å². The van der Waals surface area contributed by atoms with Crippen LogP contribution in [0.1, 0.15) is 36.9 Å². The smallest absolute Gasteiger partial charge is 0.171 e. The molecule has 0 amide bonds. The van der Waals surface area contributed by atoms with Gasteiger partial charge in [0.1, 0.15) is 0 Å². The number of hydrogen-bond acceptors (Lipinski definition) is 3. The van der Waals surface area contributed by atoms with Gasteiger partial charge >= 0.3 is 0 Å². The van der Waals surface area contributed by atoms with Gasteiger partial charge in [-0.1, -0.05) is 24.3 Å². The summed E-state index contributed by atoms with van der Waals surface area (Å²) in [6, 6.07) is 9.80. The highest BCUT2D eigenvalue weighted by Gasteiger charge is 2.49. The summed E-state index contributed by atoms with van der Waals surface area (Å²) in [7, 11) is 0. The van der Waals surface area contributed by atoms with Crippen molar-refractivity contribution in [2.75, 3.05) is 13.2 Å². The van der Waals surface area contributed by atoms with Crippen LogP contribution in [0.3, 0.4) is 0 Å². The summed E-state index contributed by atoms with van der Waals surface area (Å²) in [4.78, 5) is 2.60. The number of hydrogen-bond donors (Lipinski definition) is 0. The lowest BCUT2D eigenvalue weighted by atomic mass is 9.89. The summed E-state index contributed by atoms with van der Waals surface area (Å²) in [5, 5.41) is 0. The van der Waals surface area contributed by atoms with Crippen LogP contribution in [0.5, 0.6) is 0 Å². The monoisotopic (exact) mass is 245 g/mol. The molecule has 18 heavy (non-hydrogen) atoms. The summed E-state index contributed by atoms with van der Waals surface area (Å²) in [5.41, 5.74) is 2.95. The molecule has 96 valence electrons. The normalized spacial score (nSPS) is 33.6. The Bertz CT molecular complexity index is 467. The van der Waals surface area contributed by atoms with Gasteiger partial charge in [-0.15, -0.1) is 0 Å². The molecule has 3 aliphatic rings. The fourth-order valence-electron chi connectivity index (χ4n) is 3.86. The van der Waals surface area contributed by atoms with Gasteiger partial charge in [-0.05, 0) is 18.1 Å². The molecular weight excluding hydrogens is 226 g/mol. The molecule has 1 aromatic rings. The third kappa shape index (κ3) is 1.48. The quantitative estimate of drug-likeness (QED) is 0.701. The molecule has 0 aliphatic carbocycles. The number of rotatable bonds is 0. The molecule has 4 rings (SSSR count). The summed E-state index contributed by atoms with van der Waals surface area (Å²) >= 11 is 0. The molecule has 0 aromatic heterocycles. The van der Waals surface area contributed by atoms with Crippen LogP contribution in [0.15, 0.2) is 24.3 Å². The molecule has 0 saturated carbocycles. The van der Waals surface area contributed by atoms with E-state index in [1.807, 2.05) is 0 Å². The zero-order valence-electron chi connectivity index (χ0n) is 10.8. The molecular formula is C15H19NO2. The summed E-state index contributed by atoms with van der Waals surface area (Å²) in [6.07, 6.45) is 1.98. The van der Waals surface area contributed by atoms with E-state index < -0.39 is 0 Å². The second-order valence-corrected chi connectivity index (χ2v) is 5.75. The van der Waals surface area contributed by atoms with Crippen LogP contribution in [0.25, 0.3) is 0 Å². The number of fused-ring (bicyclic) bond motifs is 3. The fraction of sp³-hybridized carbons (Fsp3) is 0.600. The maximum Gasteiger partial charge on any atom is 0.171 e. The minimum Gasteiger partial charge on any atom is -0.347 e. The fourth-order valence-corrected chi connectivity index (χ4v) is 3.86. The van der Waals surface area contributed by atoms with Crippen LogP contribution in [0, 0.1) is 0 Å². The molecule has 0 radical (unpaired) electrons. The van der Waals surface area contributed by atoms with Crippen molar-refractivity contribution in [3.63, 3.8) is 0 Å². The maximum absolute atomic E-state index is 5.93. The molecule has 0 N–H and O–H groups in total. The van der Waals surface area contributed by atoms with Crippen LogP contribution in [-0.2, 0) is 16.0 Å². The molecule has 2 atom stereocenters. The van der Waals surface area contributed by atoms with Gasteiger partial charge in [0.25, 0.3) is 0 Å². The van der Waals surface area contributed by atoms with E-state index in [0.29, 0.717) is 12.1 Å². The second-order valence-electron chi connectivity index (χ2n) is 5.75. The molecule has 1 aromatic carbocycles. The van der Waals surface area contributed by atoms with Gasteiger partial charge in [0.05, 0.1) is 13.2 Å². The Labute approximate surface area is 108 Å².